The van der Waals surface area contributed by atoms with Gasteiger partial charge in [-0.2, -0.15) is 10.5 Å². The van der Waals surface area contributed by atoms with Crippen molar-refractivity contribution in [2.45, 2.75) is 11.2 Å². The van der Waals surface area contributed by atoms with Crippen molar-refractivity contribution in [3.63, 3.8) is 0 Å². The molecule has 0 aliphatic heterocycles. The highest BCUT2D eigenvalue weighted by Gasteiger charge is 2.72. The lowest BCUT2D eigenvalue weighted by atomic mass is 10.0. The Balaban J connectivity index is 2.50. The lowest BCUT2D eigenvalue weighted by Gasteiger charge is -1.99. The minimum atomic E-state index is -3.45. The lowest BCUT2D eigenvalue weighted by Crippen LogP contribution is -2.11. The highest BCUT2D eigenvalue weighted by molar-refractivity contribution is 7.91. The maximum absolute atomic E-state index is 11.6. The van der Waals surface area contributed by atoms with E-state index in [1.807, 2.05) is 12.1 Å². The standard InChI is InChI=1S/C12H9ClN2O2S/c1-18(16,17)11-10(12(11,6-14)7-15)8-2-4-9(13)5-3-8/h2-5,10-11H,1H3/t10-,11+/m1/s1. The normalized spacial score (nSPS) is 24.9. The molecule has 0 heterocycles. The van der Waals surface area contributed by atoms with E-state index in [0.29, 0.717) is 10.6 Å². The molecule has 0 unspecified atom stereocenters. The number of hydrogen-bond donors (Lipinski definition) is 0. The number of hydrogen-bond acceptors (Lipinski definition) is 4. The minimum absolute atomic E-state index is 0.523. The lowest BCUT2D eigenvalue weighted by molar-refractivity contribution is 0.597. The first-order valence-electron chi connectivity index (χ1n) is 5.13. The van der Waals surface area contributed by atoms with Crippen LogP contribution in [0.15, 0.2) is 24.3 Å². The first-order chi connectivity index (χ1) is 8.36. The molecule has 0 aromatic heterocycles. The summed E-state index contributed by atoms with van der Waals surface area (Å²) in [6, 6.07) is 10.2. The summed E-state index contributed by atoms with van der Waals surface area (Å²) in [4.78, 5) is 0. The number of rotatable bonds is 2. The molecule has 0 spiro atoms. The van der Waals surface area contributed by atoms with Gasteiger partial charge in [0.15, 0.2) is 15.3 Å². The van der Waals surface area contributed by atoms with Crippen molar-refractivity contribution in [3.05, 3.63) is 34.9 Å². The fourth-order valence-corrected chi connectivity index (χ4v) is 4.18. The van der Waals surface area contributed by atoms with Gasteiger partial charge in [-0.15, -0.1) is 0 Å². The van der Waals surface area contributed by atoms with Gasteiger partial charge in [-0.25, -0.2) is 8.42 Å². The summed E-state index contributed by atoms with van der Waals surface area (Å²) in [5.41, 5.74) is -0.820. The Morgan fingerprint density at radius 3 is 2.06 bits per heavy atom. The summed E-state index contributed by atoms with van der Waals surface area (Å²) in [5.74, 6) is -0.597. The molecule has 1 aromatic carbocycles. The van der Waals surface area contributed by atoms with E-state index < -0.39 is 26.4 Å². The van der Waals surface area contributed by atoms with Crippen LogP contribution in [0.25, 0.3) is 0 Å². The predicted octanol–water partition coefficient (Wildman–Crippen LogP) is 1.88. The maximum Gasteiger partial charge on any atom is 0.169 e. The van der Waals surface area contributed by atoms with Crippen molar-refractivity contribution < 1.29 is 8.42 Å². The van der Waals surface area contributed by atoms with Crippen LogP contribution in [0.2, 0.25) is 5.02 Å². The van der Waals surface area contributed by atoms with E-state index in [4.69, 9.17) is 22.1 Å². The van der Waals surface area contributed by atoms with Crippen LogP contribution in [0, 0.1) is 28.1 Å². The molecule has 0 amide bonds. The molecule has 1 saturated carbocycles. The molecule has 4 nitrogen and oxygen atoms in total. The molecule has 0 bridgehead atoms. The van der Waals surface area contributed by atoms with Gasteiger partial charge in [0.1, 0.15) is 5.25 Å². The molecule has 2 rings (SSSR count). The Hall–Kier alpha value is -1.56. The zero-order chi connectivity index (χ0) is 13.6. The molecule has 1 aliphatic carbocycles. The molecule has 1 fully saturated rings. The van der Waals surface area contributed by atoms with Crippen LogP contribution in [-0.2, 0) is 9.84 Å². The van der Waals surface area contributed by atoms with E-state index in [0.717, 1.165) is 6.26 Å². The topological polar surface area (TPSA) is 81.7 Å². The van der Waals surface area contributed by atoms with Crippen LogP contribution < -0.4 is 0 Å². The molecular formula is C12H9ClN2O2S. The van der Waals surface area contributed by atoms with Crippen LogP contribution in [0.4, 0.5) is 0 Å². The van der Waals surface area contributed by atoms with E-state index in [2.05, 4.69) is 0 Å². The molecule has 2 atom stereocenters. The van der Waals surface area contributed by atoms with Crippen LogP contribution in [0.3, 0.4) is 0 Å². The molecule has 0 radical (unpaired) electrons. The SMILES string of the molecule is CS(=O)(=O)[C@H]1[C@@H](c2ccc(Cl)cc2)C1(C#N)C#N. The Labute approximate surface area is 110 Å². The van der Waals surface area contributed by atoms with Gasteiger partial charge in [0.2, 0.25) is 0 Å². The number of halogens is 1. The molecule has 1 aromatic rings. The van der Waals surface area contributed by atoms with Gasteiger partial charge in [0.05, 0.1) is 12.1 Å². The van der Waals surface area contributed by atoms with Gasteiger partial charge in [-0.3, -0.25) is 0 Å². The molecular weight excluding hydrogens is 272 g/mol. The number of nitriles is 2. The first-order valence-corrected chi connectivity index (χ1v) is 7.47. The molecule has 92 valence electrons. The van der Waals surface area contributed by atoms with Gasteiger partial charge in [-0.05, 0) is 17.7 Å². The average molecular weight is 281 g/mol. The van der Waals surface area contributed by atoms with Crippen molar-refractivity contribution in [2.24, 2.45) is 5.41 Å². The van der Waals surface area contributed by atoms with Gasteiger partial charge in [-0.1, -0.05) is 23.7 Å². The van der Waals surface area contributed by atoms with E-state index >= 15 is 0 Å². The van der Waals surface area contributed by atoms with Crippen molar-refractivity contribution in [2.75, 3.05) is 6.26 Å². The van der Waals surface area contributed by atoms with Crippen LogP contribution in [0.5, 0.6) is 0 Å². The summed E-state index contributed by atoms with van der Waals surface area (Å²) in [7, 11) is -3.45. The Morgan fingerprint density at radius 2 is 1.72 bits per heavy atom. The minimum Gasteiger partial charge on any atom is -0.229 e. The Bertz CT molecular complexity index is 654. The van der Waals surface area contributed by atoms with Crippen LogP contribution >= 0.6 is 11.6 Å². The van der Waals surface area contributed by atoms with Gasteiger partial charge in [0, 0.05) is 17.2 Å². The summed E-state index contributed by atoms with van der Waals surface area (Å²) < 4.78 is 23.3. The second-order valence-electron chi connectivity index (χ2n) is 4.37. The fourth-order valence-electron chi connectivity index (χ4n) is 2.34. The van der Waals surface area contributed by atoms with E-state index in [-0.39, 0.29) is 0 Å². The fraction of sp³-hybridized carbons (Fsp3) is 0.333. The van der Waals surface area contributed by atoms with Crippen LogP contribution in [-0.4, -0.2) is 19.9 Å². The molecule has 6 heteroatoms. The zero-order valence-electron chi connectivity index (χ0n) is 9.46. The van der Waals surface area contributed by atoms with E-state index in [9.17, 15) is 8.42 Å². The third kappa shape index (κ3) is 1.77. The van der Waals surface area contributed by atoms with Crippen LogP contribution in [0.1, 0.15) is 11.5 Å². The summed E-state index contributed by atoms with van der Waals surface area (Å²) >= 11 is 5.75. The Morgan fingerprint density at radius 1 is 1.22 bits per heavy atom. The molecule has 1 aliphatic rings. The molecule has 18 heavy (non-hydrogen) atoms. The zero-order valence-corrected chi connectivity index (χ0v) is 11.0. The van der Waals surface area contributed by atoms with Gasteiger partial charge < -0.3 is 0 Å². The quantitative estimate of drug-likeness (QED) is 0.828. The van der Waals surface area contributed by atoms with E-state index in [1.54, 1.807) is 24.3 Å². The van der Waals surface area contributed by atoms with Crippen molar-refractivity contribution in [1.29, 1.82) is 10.5 Å². The molecule has 0 saturated heterocycles. The predicted molar refractivity (Wildman–Crippen MR) is 66.5 cm³/mol. The third-order valence-corrected chi connectivity index (χ3v) is 5.01. The summed E-state index contributed by atoms with van der Waals surface area (Å²) in [6.07, 6.45) is 1.05. The Kier molecular flexibility index (Phi) is 2.85. The largest absolute Gasteiger partial charge is 0.229 e. The van der Waals surface area contributed by atoms with Gasteiger partial charge >= 0.3 is 0 Å². The first kappa shape index (κ1) is 12.9. The average Bonchev–Trinajstić information content (AvgIpc) is 3.00. The van der Waals surface area contributed by atoms with Crippen molar-refractivity contribution in [1.82, 2.24) is 0 Å². The number of benzene rings is 1. The van der Waals surface area contributed by atoms with E-state index in [1.165, 1.54) is 0 Å². The summed E-state index contributed by atoms with van der Waals surface area (Å²) in [5, 5.41) is 17.8. The maximum atomic E-state index is 11.6. The highest BCUT2D eigenvalue weighted by Crippen LogP contribution is 2.62. The second kappa shape index (κ2) is 3.98. The number of nitrogens with zero attached hydrogens (tertiary/aromatic N) is 2. The highest BCUT2D eigenvalue weighted by atomic mass is 35.5. The molecule has 0 N–H and O–H groups in total. The monoisotopic (exact) mass is 280 g/mol. The third-order valence-electron chi connectivity index (χ3n) is 3.19. The smallest absolute Gasteiger partial charge is 0.169 e. The van der Waals surface area contributed by atoms with Crippen molar-refractivity contribution in [3.8, 4) is 12.1 Å². The van der Waals surface area contributed by atoms with Gasteiger partial charge in [0.25, 0.3) is 0 Å². The second-order valence-corrected chi connectivity index (χ2v) is 6.98. The van der Waals surface area contributed by atoms with Crippen molar-refractivity contribution >= 4 is 21.4 Å². The number of sulfone groups is 1. The summed E-state index contributed by atoms with van der Waals surface area (Å²) in [6.45, 7) is 0.